The number of primary sulfonamides is 2. The van der Waals surface area contributed by atoms with Gasteiger partial charge < -0.3 is 5.73 Å². The minimum absolute atomic E-state index is 0.101. The molecule has 0 amide bonds. The molecule has 1 aromatic rings. The Morgan fingerprint density at radius 1 is 1.10 bits per heavy atom. The average molecular weight is 361 g/mol. The number of halogens is 2. The van der Waals surface area contributed by atoms with E-state index < -0.39 is 29.8 Å². The molecule has 0 heterocycles. The van der Waals surface area contributed by atoms with Gasteiger partial charge in [0.15, 0.2) is 0 Å². The topological polar surface area (TPSA) is 159 Å². The molecule has 0 fully saturated rings. The molecule has 0 aliphatic rings. The molecule has 0 atom stereocenters. The Kier molecular flexibility index (Phi) is 5.00. The van der Waals surface area contributed by atoms with E-state index in [1.54, 1.807) is 0 Å². The summed E-state index contributed by atoms with van der Waals surface area (Å²) < 4.78 is 45.5. The smallest absolute Gasteiger partial charge is 0.240 e. The molecule has 12 heteroatoms. The third-order valence-corrected chi connectivity index (χ3v) is 4.62. The normalized spacial score (nSPS) is 13.5. The van der Waals surface area contributed by atoms with Gasteiger partial charge in [0.25, 0.3) is 0 Å². The minimum atomic E-state index is -4.27. The van der Waals surface area contributed by atoms with E-state index in [4.69, 9.17) is 39.2 Å². The van der Waals surface area contributed by atoms with Crippen molar-refractivity contribution in [3.8, 4) is 0 Å². The fourth-order valence-corrected chi connectivity index (χ4v) is 3.15. The first kappa shape index (κ1) is 17.1. The number of nitrogens with zero attached hydrogens (tertiary/aromatic N) is 1. The van der Waals surface area contributed by atoms with Crippen LogP contribution in [0.3, 0.4) is 0 Å². The Morgan fingerprint density at radius 2 is 1.60 bits per heavy atom. The highest BCUT2D eigenvalue weighted by molar-refractivity contribution is 7.90. The molecule has 1 rings (SSSR count). The third-order valence-electron chi connectivity index (χ3n) is 2.03. The van der Waals surface area contributed by atoms with Gasteiger partial charge in [0.05, 0.1) is 16.6 Å². The van der Waals surface area contributed by atoms with Crippen LogP contribution in [0.15, 0.2) is 26.9 Å². The van der Waals surface area contributed by atoms with E-state index in [-0.39, 0.29) is 22.4 Å². The Morgan fingerprint density at radius 3 is 2.00 bits per heavy atom. The summed E-state index contributed by atoms with van der Waals surface area (Å²) in [6.07, 6.45) is 0. The first-order valence-electron chi connectivity index (χ1n) is 4.75. The zero-order valence-electron chi connectivity index (χ0n) is 9.75. The van der Waals surface area contributed by atoms with Crippen LogP contribution < -0.4 is 16.0 Å². The second-order valence-electron chi connectivity index (χ2n) is 3.58. The van der Waals surface area contributed by atoms with Crippen molar-refractivity contribution in [2.24, 2.45) is 21.0 Å². The number of rotatable bonds is 4. The van der Waals surface area contributed by atoms with Crippen molar-refractivity contribution >= 4 is 54.8 Å². The summed E-state index contributed by atoms with van der Waals surface area (Å²) in [5.41, 5.74) is 5.15. The van der Waals surface area contributed by atoms with E-state index >= 15 is 0 Å². The molecule has 6 N–H and O–H groups in total. The number of hydrogen-bond acceptors (Lipinski definition) is 5. The molecular weight excluding hydrogens is 351 g/mol. The monoisotopic (exact) mass is 360 g/mol. The average Bonchev–Trinajstić information content (AvgIpc) is 2.25. The maximum Gasteiger partial charge on any atom is 0.240 e. The van der Waals surface area contributed by atoms with Crippen molar-refractivity contribution in [2.75, 3.05) is 5.88 Å². The molecule has 112 valence electrons. The Hall–Kier alpha value is -0.910. The molecule has 0 aliphatic heterocycles. The van der Waals surface area contributed by atoms with Gasteiger partial charge in [-0.1, -0.05) is 11.6 Å². The van der Waals surface area contributed by atoms with Crippen molar-refractivity contribution in [1.82, 2.24) is 0 Å². The van der Waals surface area contributed by atoms with Gasteiger partial charge >= 0.3 is 0 Å². The van der Waals surface area contributed by atoms with E-state index in [0.29, 0.717) is 6.07 Å². The van der Waals surface area contributed by atoms with Crippen LogP contribution in [0, 0.1) is 0 Å². The second-order valence-corrected chi connectivity index (χ2v) is 7.31. The first-order valence-corrected chi connectivity index (χ1v) is 8.75. The van der Waals surface area contributed by atoms with Crippen LogP contribution in [-0.4, -0.2) is 28.6 Å². The van der Waals surface area contributed by atoms with Crippen molar-refractivity contribution < 1.29 is 16.8 Å². The fourth-order valence-electron chi connectivity index (χ4n) is 1.24. The van der Waals surface area contributed by atoms with Crippen molar-refractivity contribution in [2.45, 2.75) is 9.79 Å². The van der Waals surface area contributed by atoms with E-state index in [2.05, 4.69) is 4.99 Å². The van der Waals surface area contributed by atoms with Crippen molar-refractivity contribution in [1.29, 1.82) is 0 Å². The van der Waals surface area contributed by atoms with E-state index in [9.17, 15) is 16.8 Å². The van der Waals surface area contributed by atoms with Crippen LogP contribution in [0.25, 0.3) is 0 Å². The summed E-state index contributed by atoms with van der Waals surface area (Å²) in [6, 6.07) is 1.69. The van der Waals surface area contributed by atoms with Crippen LogP contribution >= 0.6 is 23.2 Å². The van der Waals surface area contributed by atoms with Gasteiger partial charge in [-0.3, -0.25) is 0 Å². The lowest BCUT2D eigenvalue weighted by molar-refractivity contribution is 0.596. The highest BCUT2D eigenvalue weighted by atomic mass is 35.5. The molecule has 1 aromatic carbocycles. The van der Waals surface area contributed by atoms with Gasteiger partial charge in [0.2, 0.25) is 20.0 Å². The summed E-state index contributed by atoms with van der Waals surface area (Å²) in [6.45, 7) is 0. The molecule has 0 bridgehead atoms. The van der Waals surface area contributed by atoms with Crippen molar-refractivity contribution in [3.63, 3.8) is 0 Å². The van der Waals surface area contributed by atoms with E-state index in [1.807, 2.05) is 0 Å². The SMILES string of the molecule is NC(CCl)=Nc1cc(Cl)c(S(N)(=O)=O)cc1S(N)(=O)=O. The molecule has 0 aliphatic carbocycles. The number of nitrogens with two attached hydrogens (primary N) is 3. The maximum atomic E-state index is 11.5. The van der Waals surface area contributed by atoms with E-state index in [0.717, 1.165) is 6.07 Å². The molecule has 0 aromatic heterocycles. The molecule has 0 saturated heterocycles. The zero-order valence-corrected chi connectivity index (χ0v) is 12.9. The molecule has 0 spiro atoms. The summed E-state index contributed by atoms with van der Waals surface area (Å²) in [4.78, 5) is 2.54. The van der Waals surface area contributed by atoms with E-state index in [1.165, 1.54) is 0 Å². The largest absolute Gasteiger partial charge is 0.386 e. The number of sulfonamides is 2. The predicted molar refractivity (Wildman–Crippen MR) is 76.2 cm³/mol. The highest BCUT2D eigenvalue weighted by Crippen LogP contribution is 2.32. The Balaban J connectivity index is 3.76. The highest BCUT2D eigenvalue weighted by Gasteiger charge is 2.22. The van der Waals surface area contributed by atoms with Gasteiger partial charge in [0, 0.05) is 0 Å². The zero-order chi connectivity index (χ0) is 15.7. The minimum Gasteiger partial charge on any atom is -0.386 e. The Bertz CT molecular complexity index is 774. The first-order chi connectivity index (χ1) is 8.96. The quantitative estimate of drug-likeness (QED) is 0.386. The molecule has 8 nitrogen and oxygen atoms in total. The Labute approximate surface area is 125 Å². The number of amidine groups is 1. The number of alkyl halides is 1. The summed E-state index contributed by atoms with van der Waals surface area (Å²) in [5, 5.41) is 9.59. The molecule has 0 radical (unpaired) electrons. The lowest BCUT2D eigenvalue weighted by atomic mass is 10.3. The van der Waals surface area contributed by atoms with Crippen molar-refractivity contribution in [3.05, 3.63) is 17.2 Å². The van der Waals surface area contributed by atoms with Crippen LogP contribution in [0.5, 0.6) is 0 Å². The number of aliphatic imine (C=N–C) groups is 1. The van der Waals surface area contributed by atoms with Gasteiger partial charge in [0.1, 0.15) is 15.6 Å². The van der Waals surface area contributed by atoms with Crippen LogP contribution in [-0.2, 0) is 20.0 Å². The second kappa shape index (κ2) is 5.84. The lowest BCUT2D eigenvalue weighted by Gasteiger charge is -2.08. The van der Waals surface area contributed by atoms with Gasteiger partial charge in [-0.25, -0.2) is 32.1 Å². The van der Waals surface area contributed by atoms with Gasteiger partial charge in [-0.2, -0.15) is 0 Å². The standard InChI is InChI=1S/C8H10Cl2N4O4S2/c9-3-8(11)14-5-1-4(10)6(19(12,15)16)2-7(5)20(13,17)18/h1-2H,3H2,(H2,11,14)(H2,12,15,16)(H2,13,17,18). The fraction of sp³-hybridized carbons (Fsp3) is 0.125. The molecular formula is C8H10Cl2N4O4S2. The summed E-state index contributed by atoms with van der Waals surface area (Å²) in [7, 11) is -8.50. The van der Waals surface area contributed by atoms with Gasteiger partial charge in [-0.15, -0.1) is 11.6 Å². The number of benzene rings is 1. The van der Waals surface area contributed by atoms with Crippen LogP contribution in [0.2, 0.25) is 5.02 Å². The lowest BCUT2D eigenvalue weighted by Crippen LogP contribution is -2.18. The van der Waals surface area contributed by atoms with Crippen LogP contribution in [0.1, 0.15) is 0 Å². The van der Waals surface area contributed by atoms with Gasteiger partial charge in [-0.05, 0) is 12.1 Å². The summed E-state index contributed by atoms with van der Waals surface area (Å²) >= 11 is 11.2. The molecule has 0 saturated carbocycles. The maximum absolute atomic E-state index is 11.5. The third kappa shape index (κ3) is 4.04. The predicted octanol–water partition coefficient (Wildman–Crippen LogP) is -0.138. The number of hydrogen-bond donors (Lipinski definition) is 3. The summed E-state index contributed by atoms with van der Waals surface area (Å²) in [5.74, 6) is -0.269. The molecule has 20 heavy (non-hydrogen) atoms. The van der Waals surface area contributed by atoms with Crippen LogP contribution in [0.4, 0.5) is 5.69 Å². The molecule has 0 unspecified atom stereocenters.